The van der Waals surface area contributed by atoms with E-state index in [0.29, 0.717) is 29.9 Å². The molecule has 3 heterocycles. The van der Waals surface area contributed by atoms with E-state index in [4.69, 9.17) is 9.97 Å². The average Bonchev–Trinajstić information content (AvgIpc) is 3.04. The van der Waals surface area contributed by atoms with Gasteiger partial charge in [0.25, 0.3) is 5.91 Å². The molecule has 0 spiro atoms. The van der Waals surface area contributed by atoms with Gasteiger partial charge < -0.3 is 20.9 Å². The summed E-state index contributed by atoms with van der Waals surface area (Å²) in [6, 6.07) is 8.45. The molecule has 2 aliphatic rings. The highest BCUT2D eigenvalue weighted by molar-refractivity contribution is 6.02. The van der Waals surface area contributed by atoms with Gasteiger partial charge in [-0.25, -0.2) is 4.98 Å². The number of aromatic nitrogens is 2. The Labute approximate surface area is 159 Å². The van der Waals surface area contributed by atoms with E-state index in [1.807, 2.05) is 38.2 Å². The summed E-state index contributed by atoms with van der Waals surface area (Å²) >= 11 is 0. The first kappa shape index (κ1) is 17.7. The highest BCUT2D eigenvalue weighted by atomic mass is 16.2. The van der Waals surface area contributed by atoms with Crippen LogP contribution in [0.4, 0.5) is 17.5 Å². The number of likely N-dealkylation sites (N-methyl/N-ethyl adjacent to an activating group) is 1. The van der Waals surface area contributed by atoms with Crippen LogP contribution in [0.1, 0.15) is 40.9 Å². The minimum atomic E-state index is -0.114. The Bertz CT molecular complexity index is 850. The number of rotatable bonds is 5. The van der Waals surface area contributed by atoms with Gasteiger partial charge in [0.2, 0.25) is 5.95 Å². The molecule has 1 unspecified atom stereocenters. The van der Waals surface area contributed by atoms with Crippen LogP contribution in [0.25, 0.3) is 0 Å². The second-order valence-electron chi connectivity index (χ2n) is 7.27. The molecule has 3 N–H and O–H groups in total. The fourth-order valence-electron chi connectivity index (χ4n) is 3.90. The number of anilines is 3. The van der Waals surface area contributed by atoms with Crippen LogP contribution in [0.2, 0.25) is 0 Å². The SMILES string of the molecule is CNCC1CCCCN1c1nc2c(c(Nc3cccc(C)c3)n1)C(=O)NC2. The molecule has 4 rings (SSSR count). The summed E-state index contributed by atoms with van der Waals surface area (Å²) in [5, 5.41) is 9.50. The molecule has 2 aliphatic heterocycles. The van der Waals surface area contributed by atoms with Crippen LogP contribution < -0.4 is 20.9 Å². The minimum Gasteiger partial charge on any atom is -0.346 e. The second-order valence-corrected chi connectivity index (χ2v) is 7.27. The van der Waals surface area contributed by atoms with Gasteiger partial charge in [0, 0.05) is 24.8 Å². The van der Waals surface area contributed by atoms with Crippen molar-refractivity contribution in [2.75, 3.05) is 30.4 Å². The molecule has 27 heavy (non-hydrogen) atoms. The lowest BCUT2D eigenvalue weighted by molar-refractivity contribution is 0.0966. The molecule has 1 fully saturated rings. The van der Waals surface area contributed by atoms with E-state index >= 15 is 0 Å². The zero-order chi connectivity index (χ0) is 18.8. The third-order valence-electron chi connectivity index (χ3n) is 5.22. The Morgan fingerprint density at radius 3 is 3.00 bits per heavy atom. The molecule has 1 atom stereocenters. The lowest BCUT2D eigenvalue weighted by atomic mass is 10.0. The number of piperidine rings is 1. The topological polar surface area (TPSA) is 82.2 Å². The third-order valence-corrected chi connectivity index (χ3v) is 5.22. The maximum absolute atomic E-state index is 12.3. The number of carbonyl (C=O) groups excluding carboxylic acids is 1. The summed E-state index contributed by atoms with van der Waals surface area (Å²) in [6.45, 7) is 4.34. The molecule has 0 aliphatic carbocycles. The molecule has 0 saturated carbocycles. The Balaban J connectivity index is 1.72. The van der Waals surface area contributed by atoms with Gasteiger partial charge in [-0.15, -0.1) is 0 Å². The molecular weight excluding hydrogens is 340 g/mol. The zero-order valence-corrected chi connectivity index (χ0v) is 15.9. The highest BCUT2D eigenvalue weighted by Gasteiger charge is 2.30. The van der Waals surface area contributed by atoms with Crippen LogP contribution in [0.5, 0.6) is 0 Å². The van der Waals surface area contributed by atoms with E-state index in [0.717, 1.165) is 42.9 Å². The first-order valence-electron chi connectivity index (χ1n) is 9.60. The van der Waals surface area contributed by atoms with Crippen LogP contribution >= 0.6 is 0 Å². The van der Waals surface area contributed by atoms with Crippen molar-refractivity contribution in [1.29, 1.82) is 0 Å². The summed E-state index contributed by atoms with van der Waals surface area (Å²) in [5.41, 5.74) is 3.41. The van der Waals surface area contributed by atoms with Crippen molar-refractivity contribution in [3.8, 4) is 0 Å². The Morgan fingerprint density at radius 1 is 1.30 bits per heavy atom. The number of hydrogen-bond acceptors (Lipinski definition) is 6. The van der Waals surface area contributed by atoms with Crippen molar-refractivity contribution in [2.45, 2.75) is 38.8 Å². The summed E-state index contributed by atoms with van der Waals surface area (Å²) in [6.07, 6.45) is 3.49. The molecule has 7 nitrogen and oxygen atoms in total. The molecule has 7 heteroatoms. The molecule has 2 aromatic rings. The van der Waals surface area contributed by atoms with Crippen molar-refractivity contribution in [3.63, 3.8) is 0 Å². The van der Waals surface area contributed by atoms with Gasteiger partial charge in [-0.1, -0.05) is 12.1 Å². The number of aryl methyl sites for hydroxylation is 1. The normalized spacial score (nSPS) is 19.0. The van der Waals surface area contributed by atoms with Crippen molar-refractivity contribution >= 4 is 23.4 Å². The zero-order valence-electron chi connectivity index (χ0n) is 15.9. The van der Waals surface area contributed by atoms with Gasteiger partial charge in [-0.2, -0.15) is 4.98 Å². The third kappa shape index (κ3) is 3.60. The number of hydrogen-bond donors (Lipinski definition) is 3. The van der Waals surface area contributed by atoms with Crippen LogP contribution in [-0.4, -0.2) is 42.1 Å². The lowest BCUT2D eigenvalue weighted by Gasteiger charge is -2.36. The predicted molar refractivity (Wildman–Crippen MR) is 107 cm³/mol. The quantitative estimate of drug-likeness (QED) is 0.754. The summed E-state index contributed by atoms with van der Waals surface area (Å²) in [4.78, 5) is 24.2. The lowest BCUT2D eigenvalue weighted by Crippen LogP contribution is -2.46. The van der Waals surface area contributed by atoms with Gasteiger partial charge >= 0.3 is 0 Å². The standard InChI is InChI=1S/C20H26N6O/c1-13-6-5-7-14(10-13)23-18-17-16(12-22-19(17)27)24-20(25-18)26-9-4-3-8-15(26)11-21-2/h5-7,10,15,21H,3-4,8-9,11-12H2,1-2H3,(H,22,27)(H,23,24,25). The van der Waals surface area contributed by atoms with Gasteiger partial charge in [-0.3, -0.25) is 4.79 Å². The van der Waals surface area contributed by atoms with Crippen LogP contribution in [-0.2, 0) is 6.54 Å². The van der Waals surface area contributed by atoms with E-state index in [1.54, 1.807) is 0 Å². The molecule has 0 radical (unpaired) electrons. The molecule has 1 saturated heterocycles. The van der Waals surface area contributed by atoms with Crippen molar-refractivity contribution in [1.82, 2.24) is 20.6 Å². The Morgan fingerprint density at radius 2 is 2.19 bits per heavy atom. The highest BCUT2D eigenvalue weighted by Crippen LogP contribution is 2.29. The minimum absolute atomic E-state index is 0.114. The molecule has 0 bridgehead atoms. The molecule has 1 amide bonds. The maximum Gasteiger partial charge on any atom is 0.257 e. The summed E-state index contributed by atoms with van der Waals surface area (Å²) in [5.74, 6) is 1.18. The van der Waals surface area contributed by atoms with E-state index in [1.165, 1.54) is 6.42 Å². The number of carbonyl (C=O) groups is 1. The van der Waals surface area contributed by atoms with Crippen LogP contribution in [0, 0.1) is 6.92 Å². The number of nitrogens with one attached hydrogen (secondary N) is 3. The number of amides is 1. The number of nitrogens with zero attached hydrogens (tertiary/aromatic N) is 3. The first-order chi connectivity index (χ1) is 13.2. The van der Waals surface area contributed by atoms with E-state index in [9.17, 15) is 4.79 Å². The molecule has 142 valence electrons. The van der Waals surface area contributed by atoms with Crippen molar-refractivity contribution < 1.29 is 4.79 Å². The molecule has 1 aromatic heterocycles. The van der Waals surface area contributed by atoms with Crippen molar-refractivity contribution in [2.24, 2.45) is 0 Å². The Hall–Kier alpha value is -2.67. The smallest absolute Gasteiger partial charge is 0.257 e. The van der Waals surface area contributed by atoms with Gasteiger partial charge in [0.1, 0.15) is 11.4 Å². The fourth-order valence-corrected chi connectivity index (χ4v) is 3.90. The first-order valence-corrected chi connectivity index (χ1v) is 9.60. The monoisotopic (exact) mass is 366 g/mol. The maximum atomic E-state index is 12.3. The van der Waals surface area contributed by atoms with Crippen LogP contribution in [0.15, 0.2) is 24.3 Å². The van der Waals surface area contributed by atoms with Gasteiger partial charge in [0.05, 0.1) is 12.2 Å². The van der Waals surface area contributed by atoms with E-state index in [-0.39, 0.29) is 5.91 Å². The largest absolute Gasteiger partial charge is 0.346 e. The predicted octanol–water partition coefficient (Wildman–Crippen LogP) is 2.35. The Kier molecular flexibility index (Phi) is 4.94. The fraction of sp³-hybridized carbons (Fsp3) is 0.450. The van der Waals surface area contributed by atoms with Crippen LogP contribution in [0.3, 0.4) is 0 Å². The van der Waals surface area contributed by atoms with Gasteiger partial charge in [0.15, 0.2) is 0 Å². The molecular formula is C20H26N6O. The van der Waals surface area contributed by atoms with E-state index in [2.05, 4.69) is 20.9 Å². The molecule has 1 aromatic carbocycles. The average molecular weight is 366 g/mol. The van der Waals surface area contributed by atoms with E-state index < -0.39 is 0 Å². The summed E-state index contributed by atoms with van der Waals surface area (Å²) in [7, 11) is 1.98. The van der Waals surface area contributed by atoms with Gasteiger partial charge in [-0.05, 0) is 50.9 Å². The number of fused-ring (bicyclic) bond motifs is 1. The number of benzene rings is 1. The summed E-state index contributed by atoms with van der Waals surface area (Å²) < 4.78 is 0. The second kappa shape index (κ2) is 7.52. The van der Waals surface area contributed by atoms with Crippen molar-refractivity contribution in [3.05, 3.63) is 41.1 Å².